The molecule has 0 saturated carbocycles. The third-order valence-electron chi connectivity index (χ3n) is 5.45. The first-order chi connectivity index (χ1) is 12.6. The molecule has 1 aromatic carbocycles. The monoisotopic (exact) mass is 405 g/mol. The second kappa shape index (κ2) is 8.42. The highest BCUT2D eigenvalue weighted by Gasteiger charge is 2.36. The van der Waals surface area contributed by atoms with E-state index < -0.39 is 0 Å². The van der Waals surface area contributed by atoms with Gasteiger partial charge in [0.05, 0.1) is 4.88 Å². The Bertz CT molecular complexity index is 782. The molecular weight excluding hydrogens is 382 g/mol. The third-order valence-corrected chi connectivity index (χ3v) is 6.32. The summed E-state index contributed by atoms with van der Waals surface area (Å²) in [6.45, 7) is 0. The van der Waals surface area contributed by atoms with Crippen molar-refractivity contribution in [2.24, 2.45) is 0 Å². The van der Waals surface area contributed by atoms with Crippen LogP contribution < -0.4 is 10.6 Å². The largest absolute Gasteiger partial charge is 0.339 e. The highest BCUT2D eigenvalue weighted by Crippen LogP contribution is 2.30. The number of hydrogen-bond acceptors (Lipinski definition) is 4. The number of carbonyl (C=O) groups is 2. The molecule has 2 saturated heterocycles. The molecule has 7 heteroatoms. The van der Waals surface area contributed by atoms with Crippen molar-refractivity contribution in [2.45, 2.75) is 43.8 Å². The normalized spacial score (nSPS) is 23.4. The number of hydrogen-bond donors (Lipinski definition) is 2. The smallest absolute Gasteiger partial charge is 0.265 e. The SMILES string of the molecule is CN(C(=O)c1ccc(NC(=O)c2cccs2)cc1)C1CC2CCC(C1)N2.Cl. The van der Waals surface area contributed by atoms with Gasteiger partial charge in [0.1, 0.15) is 0 Å². The van der Waals surface area contributed by atoms with Gasteiger partial charge in [0.25, 0.3) is 11.8 Å². The molecule has 2 fully saturated rings. The molecule has 2 aliphatic rings. The van der Waals surface area contributed by atoms with Gasteiger partial charge in [0.2, 0.25) is 0 Å². The van der Waals surface area contributed by atoms with E-state index in [1.807, 2.05) is 23.4 Å². The molecule has 2 N–H and O–H groups in total. The first-order valence-corrected chi connectivity index (χ1v) is 9.96. The molecule has 4 rings (SSSR count). The minimum atomic E-state index is -0.124. The first kappa shape index (κ1) is 19.9. The van der Waals surface area contributed by atoms with Gasteiger partial charge in [-0.2, -0.15) is 0 Å². The fourth-order valence-corrected chi connectivity index (χ4v) is 4.63. The van der Waals surface area contributed by atoms with Crippen molar-refractivity contribution in [3.63, 3.8) is 0 Å². The quantitative estimate of drug-likeness (QED) is 0.813. The van der Waals surface area contributed by atoms with Gasteiger partial charge in [-0.05, 0) is 61.4 Å². The molecule has 0 aliphatic carbocycles. The molecule has 27 heavy (non-hydrogen) atoms. The Hall–Kier alpha value is -1.89. The third kappa shape index (κ3) is 4.34. The molecule has 5 nitrogen and oxygen atoms in total. The van der Waals surface area contributed by atoms with Crippen molar-refractivity contribution in [1.29, 1.82) is 0 Å². The summed E-state index contributed by atoms with van der Waals surface area (Å²) in [7, 11) is 1.91. The topological polar surface area (TPSA) is 61.4 Å². The molecule has 2 bridgehead atoms. The Morgan fingerprint density at radius 3 is 2.37 bits per heavy atom. The Morgan fingerprint density at radius 1 is 1.11 bits per heavy atom. The van der Waals surface area contributed by atoms with Crippen LogP contribution in [-0.2, 0) is 0 Å². The number of nitrogens with one attached hydrogen (secondary N) is 2. The van der Waals surface area contributed by atoms with Crippen LogP contribution in [0.25, 0.3) is 0 Å². The zero-order valence-electron chi connectivity index (χ0n) is 15.2. The molecule has 1 aromatic heterocycles. The molecule has 2 aromatic rings. The molecule has 144 valence electrons. The average Bonchev–Trinajstić information content (AvgIpc) is 3.31. The summed E-state index contributed by atoms with van der Waals surface area (Å²) in [6, 6.07) is 12.2. The number of benzene rings is 1. The molecule has 2 unspecified atom stereocenters. The van der Waals surface area contributed by atoms with Crippen LogP contribution in [-0.4, -0.2) is 41.9 Å². The van der Waals surface area contributed by atoms with Gasteiger partial charge < -0.3 is 15.5 Å². The summed E-state index contributed by atoms with van der Waals surface area (Å²) < 4.78 is 0. The van der Waals surface area contributed by atoms with Gasteiger partial charge in [-0.3, -0.25) is 9.59 Å². The van der Waals surface area contributed by atoms with E-state index in [1.165, 1.54) is 24.2 Å². The fraction of sp³-hybridized carbons (Fsp3) is 0.400. The maximum Gasteiger partial charge on any atom is 0.265 e. The molecule has 2 aliphatic heterocycles. The Morgan fingerprint density at radius 2 is 1.78 bits per heavy atom. The van der Waals surface area contributed by atoms with Crippen LogP contribution in [0.1, 0.15) is 45.7 Å². The lowest BCUT2D eigenvalue weighted by molar-refractivity contribution is 0.0681. The number of nitrogens with zero attached hydrogens (tertiary/aromatic N) is 1. The number of carbonyl (C=O) groups excluding carboxylic acids is 2. The Kier molecular flexibility index (Phi) is 6.19. The summed E-state index contributed by atoms with van der Waals surface area (Å²) in [6.07, 6.45) is 4.52. The number of rotatable bonds is 4. The van der Waals surface area contributed by atoms with Crippen molar-refractivity contribution in [3.05, 3.63) is 52.2 Å². The molecule has 2 amide bonds. The zero-order valence-corrected chi connectivity index (χ0v) is 16.8. The van der Waals surface area contributed by atoms with E-state index >= 15 is 0 Å². The van der Waals surface area contributed by atoms with Crippen LogP contribution >= 0.6 is 23.7 Å². The van der Waals surface area contributed by atoms with Crippen molar-refractivity contribution in [3.8, 4) is 0 Å². The highest BCUT2D eigenvalue weighted by molar-refractivity contribution is 7.12. The van der Waals surface area contributed by atoms with Crippen LogP contribution in [0, 0.1) is 0 Å². The van der Waals surface area contributed by atoms with Gasteiger partial charge in [-0.15, -0.1) is 23.7 Å². The maximum absolute atomic E-state index is 12.8. The van der Waals surface area contributed by atoms with E-state index in [1.54, 1.807) is 30.3 Å². The summed E-state index contributed by atoms with van der Waals surface area (Å²) in [5.74, 6) is -0.0752. The van der Waals surface area contributed by atoms with Gasteiger partial charge in [-0.25, -0.2) is 0 Å². The Balaban J connectivity index is 0.00000210. The highest BCUT2D eigenvalue weighted by atomic mass is 35.5. The standard InChI is InChI=1S/C20H23N3O2S.ClH/c1-23(17-11-15-8-9-16(12-17)21-15)20(25)13-4-6-14(7-5-13)22-19(24)18-3-2-10-26-18;/h2-7,10,15-17,21H,8-9,11-12H2,1H3,(H,22,24);1H. The number of anilines is 1. The summed E-state index contributed by atoms with van der Waals surface area (Å²) >= 11 is 1.41. The van der Waals surface area contributed by atoms with E-state index in [2.05, 4.69) is 10.6 Å². The summed E-state index contributed by atoms with van der Waals surface area (Å²) in [5.41, 5.74) is 1.36. The van der Waals surface area contributed by atoms with Crippen LogP contribution in [0.5, 0.6) is 0 Å². The van der Waals surface area contributed by atoms with E-state index in [-0.39, 0.29) is 24.2 Å². The van der Waals surface area contributed by atoms with Crippen molar-refractivity contribution in [1.82, 2.24) is 10.2 Å². The average molecular weight is 406 g/mol. The molecule has 3 heterocycles. The second-order valence-electron chi connectivity index (χ2n) is 7.19. The molecule has 0 spiro atoms. The fourth-order valence-electron chi connectivity index (χ4n) is 4.01. The lowest BCUT2D eigenvalue weighted by Gasteiger charge is -2.35. The van der Waals surface area contributed by atoms with Crippen molar-refractivity contribution >= 4 is 41.2 Å². The van der Waals surface area contributed by atoms with E-state index in [0.717, 1.165) is 12.8 Å². The molecule has 0 radical (unpaired) electrons. The van der Waals surface area contributed by atoms with Gasteiger partial charge in [0.15, 0.2) is 0 Å². The number of fused-ring (bicyclic) bond motifs is 2. The van der Waals surface area contributed by atoms with Gasteiger partial charge >= 0.3 is 0 Å². The number of thiophene rings is 1. The number of piperidine rings is 1. The van der Waals surface area contributed by atoms with Crippen LogP contribution in [0.2, 0.25) is 0 Å². The van der Waals surface area contributed by atoms with E-state index in [0.29, 0.717) is 34.3 Å². The lowest BCUT2D eigenvalue weighted by atomic mass is 9.98. The maximum atomic E-state index is 12.8. The van der Waals surface area contributed by atoms with Gasteiger partial charge in [0, 0.05) is 36.4 Å². The first-order valence-electron chi connectivity index (χ1n) is 9.08. The van der Waals surface area contributed by atoms with Crippen molar-refractivity contribution < 1.29 is 9.59 Å². The van der Waals surface area contributed by atoms with Crippen LogP contribution in [0.4, 0.5) is 5.69 Å². The minimum absolute atomic E-state index is 0. The zero-order chi connectivity index (χ0) is 18.1. The van der Waals surface area contributed by atoms with Crippen LogP contribution in [0.15, 0.2) is 41.8 Å². The summed E-state index contributed by atoms with van der Waals surface area (Å²) in [5, 5.41) is 8.35. The van der Waals surface area contributed by atoms with E-state index in [4.69, 9.17) is 0 Å². The Labute approximate surface area is 169 Å². The number of amides is 2. The second-order valence-corrected chi connectivity index (χ2v) is 8.14. The minimum Gasteiger partial charge on any atom is -0.339 e. The number of halogens is 1. The summed E-state index contributed by atoms with van der Waals surface area (Å²) in [4.78, 5) is 27.5. The lowest BCUT2D eigenvalue weighted by Crippen LogP contribution is -2.48. The van der Waals surface area contributed by atoms with E-state index in [9.17, 15) is 9.59 Å². The predicted molar refractivity (Wildman–Crippen MR) is 111 cm³/mol. The van der Waals surface area contributed by atoms with Crippen molar-refractivity contribution in [2.75, 3.05) is 12.4 Å². The predicted octanol–water partition coefficient (Wildman–Crippen LogP) is 3.78. The molecule has 2 atom stereocenters. The molecular formula is C20H24ClN3O2S. The van der Waals surface area contributed by atoms with Crippen LogP contribution in [0.3, 0.4) is 0 Å². The van der Waals surface area contributed by atoms with Gasteiger partial charge in [-0.1, -0.05) is 6.07 Å².